The lowest BCUT2D eigenvalue weighted by molar-refractivity contribution is -0.127. The van der Waals surface area contributed by atoms with Gasteiger partial charge in [-0.05, 0) is 19.4 Å². The first-order valence-electron chi connectivity index (χ1n) is 11.5. The highest BCUT2D eigenvalue weighted by atomic mass is 16.5. The molecule has 150 valence electrons. The zero-order chi connectivity index (χ0) is 18.2. The summed E-state index contributed by atoms with van der Waals surface area (Å²) in [6.45, 7) is 7.50. The molecular formula is C22H46N2O. The molecule has 0 bridgehead atoms. The standard InChI is InChI=1S/C22H46N2O/c1-3-5-6-7-8-9-10-11-12-13-14-15-16-17-18-22-23(19-4-2)20-21-24(22)25/h22,25H,3-21H2,1-2H3. The minimum absolute atomic E-state index is 0.289. The van der Waals surface area contributed by atoms with Crippen LogP contribution in [-0.2, 0) is 0 Å². The van der Waals surface area contributed by atoms with E-state index in [4.69, 9.17) is 0 Å². The van der Waals surface area contributed by atoms with E-state index in [-0.39, 0.29) is 6.17 Å². The second kappa shape index (κ2) is 16.1. The van der Waals surface area contributed by atoms with E-state index >= 15 is 0 Å². The number of hydrogen-bond acceptors (Lipinski definition) is 3. The lowest BCUT2D eigenvalue weighted by Crippen LogP contribution is -2.37. The van der Waals surface area contributed by atoms with Gasteiger partial charge >= 0.3 is 0 Å². The maximum Gasteiger partial charge on any atom is 0.0866 e. The summed E-state index contributed by atoms with van der Waals surface area (Å²) >= 11 is 0. The molecule has 0 saturated carbocycles. The van der Waals surface area contributed by atoms with Crippen molar-refractivity contribution in [1.82, 2.24) is 9.96 Å². The van der Waals surface area contributed by atoms with Crippen LogP contribution in [0.25, 0.3) is 0 Å². The van der Waals surface area contributed by atoms with Crippen LogP contribution in [0, 0.1) is 0 Å². The van der Waals surface area contributed by atoms with Crippen LogP contribution in [0.1, 0.15) is 117 Å². The van der Waals surface area contributed by atoms with Gasteiger partial charge in [-0.1, -0.05) is 104 Å². The smallest absolute Gasteiger partial charge is 0.0866 e. The molecule has 1 aliphatic heterocycles. The van der Waals surface area contributed by atoms with E-state index in [0.717, 1.165) is 26.1 Å². The number of hydroxylamine groups is 2. The van der Waals surface area contributed by atoms with Crippen LogP contribution in [0.2, 0.25) is 0 Å². The van der Waals surface area contributed by atoms with Crippen molar-refractivity contribution >= 4 is 0 Å². The Morgan fingerprint density at radius 3 is 1.60 bits per heavy atom. The number of hydrogen-bond donors (Lipinski definition) is 1. The van der Waals surface area contributed by atoms with E-state index < -0.39 is 0 Å². The second-order valence-electron chi connectivity index (χ2n) is 8.06. The van der Waals surface area contributed by atoms with Crippen LogP contribution >= 0.6 is 0 Å². The van der Waals surface area contributed by atoms with Gasteiger partial charge in [0.1, 0.15) is 0 Å². The molecule has 0 aromatic rings. The molecule has 1 unspecified atom stereocenters. The molecule has 1 saturated heterocycles. The molecule has 3 nitrogen and oxygen atoms in total. The molecule has 0 radical (unpaired) electrons. The fourth-order valence-electron chi connectivity index (χ4n) is 4.12. The van der Waals surface area contributed by atoms with Crippen molar-refractivity contribution in [3.63, 3.8) is 0 Å². The largest absolute Gasteiger partial charge is 0.312 e. The van der Waals surface area contributed by atoms with Crippen LogP contribution in [0.15, 0.2) is 0 Å². The molecule has 3 heteroatoms. The lowest BCUT2D eigenvalue weighted by Gasteiger charge is -2.26. The van der Waals surface area contributed by atoms with Gasteiger partial charge in [0.15, 0.2) is 0 Å². The van der Waals surface area contributed by atoms with Gasteiger partial charge in [0.2, 0.25) is 0 Å². The summed E-state index contributed by atoms with van der Waals surface area (Å²) in [5.41, 5.74) is 0. The Hall–Kier alpha value is -0.120. The fourth-order valence-corrected chi connectivity index (χ4v) is 4.12. The summed E-state index contributed by atoms with van der Waals surface area (Å²) in [6.07, 6.45) is 22.3. The normalized spacial score (nSPS) is 19.1. The Morgan fingerprint density at radius 1 is 0.640 bits per heavy atom. The highest BCUT2D eigenvalue weighted by Crippen LogP contribution is 2.19. The highest BCUT2D eigenvalue weighted by Gasteiger charge is 2.29. The summed E-state index contributed by atoms with van der Waals surface area (Å²) in [7, 11) is 0. The van der Waals surface area contributed by atoms with Crippen molar-refractivity contribution in [3.8, 4) is 0 Å². The maximum atomic E-state index is 9.98. The van der Waals surface area contributed by atoms with E-state index in [1.807, 2.05) is 0 Å². The predicted octanol–water partition coefficient (Wildman–Crippen LogP) is 6.60. The molecule has 1 fully saturated rings. The zero-order valence-electron chi connectivity index (χ0n) is 17.4. The summed E-state index contributed by atoms with van der Waals surface area (Å²) < 4.78 is 0. The van der Waals surface area contributed by atoms with Gasteiger partial charge in [0, 0.05) is 13.1 Å². The Morgan fingerprint density at radius 2 is 1.12 bits per heavy atom. The molecule has 0 spiro atoms. The third-order valence-electron chi connectivity index (χ3n) is 5.71. The van der Waals surface area contributed by atoms with Gasteiger partial charge in [-0.2, -0.15) is 5.06 Å². The van der Waals surface area contributed by atoms with Crippen molar-refractivity contribution in [3.05, 3.63) is 0 Å². The number of rotatable bonds is 17. The summed E-state index contributed by atoms with van der Waals surface area (Å²) in [5, 5.41) is 11.5. The first-order valence-corrected chi connectivity index (χ1v) is 11.5. The Kier molecular flexibility index (Phi) is 14.7. The first kappa shape index (κ1) is 22.9. The zero-order valence-corrected chi connectivity index (χ0v) is 17.4. The molecule has 0 amide bonds. The van der Waals surface area contributed by atoms with Crippen LogP contribution in [0.4, 0.5) is 0 Å². The third-order valence-corrected chi connectivity index (χ3v) is 5.71. The SMILES string of the molecule is CCCCCCCCCCCCCCCCC1N(O)CCN1CCC. The topological polar surface area (TPSA) is 26.7 Å². The van der Waals surface area contributed by atoms with E-state index in [0.29, 0.717) is 0 Å². The molecule has 1 heterocycles. The Bertz CT molecular complexity index is 283. The summed E-state index contributed by atoms with van der Waals surface area (Å²) in [4.78, 5) is 2.45. The van der Waals surface area contributed by atoms with Crippen molar-refractivity contribution in [2.75, 3.05) is 19.6 Å². The molecule has 25 heavy (non-hydrogen) atoms. The highest BCUT2D eigenvalue weighted by molar-refractivity contribution is 4.76. The van der Waals surface area contributed by atoms with E-state index in [9.17, 15) is 5.21 Å². The van der Waals surface area contributed by atoms with E-state index in [2.05, 4.69) is 18.7 Å². The average molecular weight is 355 g/mol. The van der Waals surface area contributed by atoms with Crippen LogP contribution in [0.3, 0.4) is 0 Å². The van der Waals surface area contributed by atoms with Gasteiger partial charge in [0.05, 0.1) is 6.17 Å². The van der Waals surface area contributed by atoms with Gasteiger partial charge < -0.3 is 5.21 Å². The number of nitrogens with zero attached hydrogens (tertiary/aromatic N) is 2. The van der Waals surface area contributed by atoms with Crippen molar-refractivity contribution < 1.29 is 5.21 Å². The average Bonchev–Trinajstić information content (AvgIpc) is 2.95. The first-order chi connectivity index (χ1) is 12.3. The third kappa shape index (κ3) is 11.2. The molecule has 0 aromatic carbocycles. The quantitative estimate of drug-likeness (QED) is 0.298. The van der Waals surface area contributed by atoms with Crippen LogP contribution in [0.5, 0.6) is 0 Å². The molecule has 1 N–H and O–H groups in total. The fraction of sp³-hybridized carbons (Fsp3) is 1.00. The summed E-state index contributed by atoms with van der Waals surface area (Å²) in [5.74, 6) is 0. The Balaban J connectivity index is 1.83. The van der Waals surface area contributed by atoms with Gasteiger partial charge in [0.25, 0.3) is 0 Å². The van der Waals surface area contributed by atoms with Crippen molar-refractivity contribution in [2.24, 2.45) is 0 Å². The van der Waals surface area contributed by atoms with Crippen LogP contribution < -0.4 is 0 Å². The lowest BCUT2D eigenvalue weighted by atomic mass is 10.0. The van der Waals surface area contributed by atoms with Gasteiger partial charge in [-0.15, -0.1) is 0 Å². The minimum Gasteiger partial charge on any atom is -0.312 e. The van der Waals surface area contributed by atoms with Crippen LogP contribution in [-0.4, -0.2) is 41.0 Å². The molecule has 1 rings (SSSR count). The monoisotopic (exact) mass is 354 g/mol. The Labute approximate surface area is 158 Å². The van der Waals surface area contributed by atoms with Gasteiger partial charge in [-0.25, -0.2) is 0 Å². The molecule has 0 aliphatic carbocycles. The van der Waals surface area contributed by atoms with E-state index in [1.165, 1.54) is 96.3 Å². The summed E-state index contributed by atoms with van der Waals surface area (Å²) in [6, 6.07) is 0. The maximum absolute atomic E-state index is 9.98. The predicted molar refractivity (Wildman–Crippen MR) is 109 cm³/mol. The molecule has 1 atom stereocenters. The minimum atomic E-state index is 0.289. The van der Waals surface area contributed by atoms with Crippen molar-refractivity contribution in [1.29, 1.82) is 0 Å². The van der Waals surface area contributed by atoms with Gasteiger partial charge in [-0.3, -0.25) is 4.90 Å². The molecule has 1 aliphatic rings. The second-order valence-corrected chi connectivity index (χ2v) is 8.06. The van der Waals surface area contributed by atoms with E-state index in [1.54, 1.807) is 5.06 Å². The molecule has 0 aromatic heterocycles. The van der Waals surface area contributed by atoms with Crippen molar-refractivity contribution in [2.45, 2.75) is 123 Å². The molecular weight excluding hydrogens is 308 g/mol. The number of unbranched alkanes of at least 4 members (excludes halogenated alkanes) is 13.